The highest BCUT2D eigenvalue weighted by molar-refractivity contribution is 9.11. The largest absolute Gasteiger partial charge is 0.313 e. The van der Waals surface area contributed by atoms with Crippen LogP contribution in [-0.4, -0.2) is 7.05 Å². The van der Waals surface area contributed by atoms with Crippen LogP contribution in [0.3, 0.4) is 0 Å². The minimum atomic E-state index is 0.233. The van der Waals surface area contributed by atoms with Crippen molar-refractivity contribution in [2.45, 2.75) is 12.5 Å². The maximum atomic E-state index is 6.30. The first-order chi connectivity index (χ1) is 8.60. The predicted octanol–water partition coefficient (Wildman–Crippen LogP) is 5.43. The molecule has 1 N–H and O–H groups in total. The summed E-state index contributed by atoms with van der Waals surface area (Å²) in [5.41, 5.74) is 1.13. The molecule has 2 rings (SSSR count). The summed E-state index contributed by atoms with van der Waals surface area (Å²) in [5, 5.41) is 4.12. The Labute approximate surface area is 133 Å². The minimum Gasteiger partial charge on any atom is -0.313 e. The Morgan fingerprint density at radius 3 is 2.61 bits per heavy atom. The van der Waals surface area contributed by atoms with E-state index in [0.717, 1.165) is 25.3 Å². The van der Waals surface area contributed by atoms with Crippen molar-refractivity contribution >= 4 is 54.8 Å². The van der Waals surface area contributed by atoms with Gasteiger partial charge in [0.25, 0.3) is 0 Å². The van der Waals surface area contributed by atoms with Gasteiger partial charge in [-0.25, -0.2) is 0 Å². The van der Waals surface area contributed by atoms with E-state index in [4.69, 9.17) is 11.6 Å². The zero-order valence-electron chi connectivity index (χ0n) is 9.71. The summed E-state index contributed by atoms with van der Waals surface area (Å²) in [5.74, 6) is 0. The third-order valence-electron chi connectivity index (χ3n) is 2.72. The molecule has 0 aliphatic heterocycles. The molecule has 18 heavy (non-hydrogen) atoms. The third-order valence-corrected chi connectivity index (χ3v) is 5.19. The van der Waals surface area contributed by atoms with Crippen molar-refractivity contribution in [2.75, 3.05) is 7.05 Å². The SMILES string of the molecule is CNC(Cc1ccc(Br)s1)c1ccc(Br)cc1Cl. The van der Waals surface area contributed by atoms with Gasteiger partial charge >= 0.3 is 0 Å². The van der Waals surface area contributed by atoms with Crippen LogP contribution < -0.4 is 5.32 Å². The minimum absolute atomic E-state index is 0.233. The Balaban J connectivity index is 2.22. The lowest BCUT2D eigenvalue weighted by Crippen LogP contribution is -2.18. The lowest BCUT2D eigenvalue weighted by Gasteiger charge is -2.17. The monoisotopic (exact) mass is 407 g/mol. The third kappa shape index (κ3) is 3.58. The lowest BCUT2D eigenvalue weighted by atomic mass is 10.0. The molecule has 1 heterocycles. The number of likely N-dealkylation sites (N-methyl/N-ethyl adjacent to an activating group) is 1. The molecule has 0 saturated heterocycles. The quantitative estimate of drug-likeness (QED) is 0.710. The summed E-state index contributed by atoms with van der Waals surface area (Å²) in [7, 11) is 1.96. The summed E-state index contributed by atoms with van der Waals surface area (Å²) >= 11 is 15.0. The number of benzene rings is 1. The first kappa shape index (κ1) is 14.5. The molecular formula is C13H12Br2ClNS. The van der Waals surface area contributed by atoms with Crippen molar-refractivity contribution < 1.29 is 0 Å². The van der Waals surface area contributed by atoms with Crippen LogP contribution in [0.5, 0.6) is 0 Å². The van der Waals surface area contributed by atoms with Crippen LogP contribution in [0, 0.1) is 0 Å². The number of hydrogen-bond acceptors (Lipinski definition) is 2. The number of rotatable bonds is 4. The van der Waals surface area contributed by atoms with Crippen LogP contribution in [0.1, 0.15) is 16.5 Å². The molecule has 0 spiro atoms. The molecule has 2 aromatic rings. The maximum Gasteiger partial charge on any atom is 0.0701 e. The molecule has 5 heteroatoms. The molecule has 1 aromatic heterocycles. The molecule has 96 valence electrons. The van der Waals surface area contributed by atoms with Gasteiger partial charge in [0.15, 0.2) is 0 Å². The summed E-state index contributed by atoms with van der Waals surface area (Å²) in [6.07, 6.45) is 0.939. The van der Waals surface area contributed by atoms with E-state index in [1.54, 1.807) is 11.3 Å². The maximum absolute atomic E-state index is 6.30. The number of nitrogens with one attached hydrogen (secondary N) is 1. The van der Waals surface area contributed by atoms with Gasteiger partial charge in [0, 0.05) is 26.8 Å². The van der Waals surface area contributed by atoms with E-state index < -0.39 is 0 Å². The van der Waals surface area contributed by atoms with E-state index in [1.807, 2.05) is 19.2 Å². The highest BCUT2D eigenvalue weighted by Crippen LogP contribution is 2.31. The van der Waals surface area contributed by atoms with Gasteiger partial charge < -0.3 is 5.32 Å². The van der Waals surface area contributed by atoms with Crippen LogP contribution in [0.4, 0.5) is 0 Å². The van der Waals surface area contributed by atoms with Gasteiger partial charge in [-0.15, -0.1) is 11.3 Å². The highest BCUT2D eigenvalue weighted by atomic mass is 79.9. The zero-order valence-corrected chi connectivity index (χ0v) is 14.5. The van der Waals surface area contributed by atoms with Crippen molar-refractivity contribution in [1.29, 1.82) is 0 Å². The second-order valence-corrected chi connectivity index (χ2v) is 7.79. The molecule has 0 aliphatic rings. The first-order valence-electron chi connectivity index (χ1n) is 5.46. The molecule has 1 aromatic carbocycles. The van der Waals surface area contributed by atoms with Crippen LogP contribution in [0.15, 0.2) is 38.6 Å². The Hall–Kier alpha value is 0.130. The Morgan fingerprint density at radius 1 is 1.28 bits per heavy atom. The second kappa shape index (κ2) is 6.53. The van der Waals surface area contributed by atoms with Gasteiger partial charge in [-0.2, -0.15) is 0 Å². The topological polar surface area (TPSA) is 12.0 Å². The Morgan fingerprint density at radius 2 is 2.06 bits per heavy atom. The molecule has 1 unspecified atom stereocenters. The van der Waals surface area contributed by atoms with Gasteiger partial charge in [-0.05, 0) is 52.8 Å². The Kier molecular flexibility index (Phi) is 5.27. The van der Waals surface area contributed by atoms with E-state index in [-0.39, 0.29) is 6.04 Å². The normalized spacial score (nSPS) is 12.7. The van der Waals surface area contributed by atoms with Crippen LogP contribution in [0.2, 0.25) is 5.02 Å². The van der Waals surface area contributed by atoms with E-state index in [1.165, 1.54) is 4.88 Å². The van der Waals surface area contributed by atoms with Crippen molar-refractivity contribution in [3.8, 4) is 0 Å². The molecule has 0 bridgehead atoms. The van der Waals surface area contributed by atoms with Gasteiger partial charge in [-0.3, -0.25) is 0 Å². The van der Waals surface area contributed by atoms with Gasteiger partial charge in [0.05, 0.1) is 3.79 Å². The van der Waals surface area contributed by atoms with Crippen LogP contribution in [0.25, 0.3) is 0 Å². The summed E-state index contributed by atoms with van der Waals surface area (Å²) in [6, 6.07) is 10.5. The van der Waals surface area contributed by atoms with E-state index in [0.29, 0.717) is 0 Å². The number of halogens is 3. The van der Waals surface area contributed by atoms with Crippen molar-refractivity contribution in [3.05, 3.63) is 54.1 Å². The molecule has 1 atom stereocenters. The fourth-order valence-corrected chi connectivity index (χ4v) is 4.15. The molecule has 0 fully saturated rings. The fourth-order valence-electron chi connectivity index (χ4n) is 1.81. The smallest absolute Gasteiger partial charge is 0.0701 e. The second-order valence-electron chi connectivity index (χ2n) is 3.92. The summed E-state index contributed by atoms with van der Waals surface area (Å²) in [6.45, 7) is 0. The number of hydrogen-bond donors (Lipinski definition) is 1. The summed E-state index contributed by atoms with van der Waals surface area (Å²) < 4.78 is 2.17. The van der Waals surface area contributed by atoms with Gasteiger partial charge in [0.1, 0.15) is 0 Å². The summed E-state index contributed by atoms with van der Waals surface area (Å²) in [4.78, 5) is 1.33. The van der Waals surface area contributed by atoms with Crippen molar-refractivity contribution in [3.63, 3.8) is 0 Å². The van der Waals surface area contributed by atoms with E-state index in [2.05, 4.69) is 55.4 Å². The van der Waals surface area contributed by atoms with Crippen molar-refractivity contribution in [1.82, 2.24) is 5.32 Å². The lowest BCUT2D eigenvalue weighted by molar-refractivity contribution is 0.597. The molecule has 0 saturated carbocycles. The van der Waals surface area contributed by atoms with E-state index in [9.17, 15) is 0 Å². The molecule has 1 nitrogen and oxygen atoms in total. The van der Waals surface area contributed by atoms with E-state index >= 15 is 0 Å². The predicted molar refractivity (Wildman–Crippen MR) is 86.7 cm³/mol. The number of thiophene rings is 1. The average molecular weight is 410 g/mol. The van der Waals surface area contributed by atoms with Crippen LogP contribution in [-0.2, 0) is 6.42 Å². The molecule has 0 aliphatic carbocycles. The average Bonchev–Trinajstić information content (AvgIpc) is 2.72. The van der Waals surface area contributed by atoms with Gasteiger partial charge in [-0.1, -0.05) is 33.6 Å². The molecule has 0 amide bonds. The van der Waals surface area contributed by atoms with Crippen molar-refractivity contribution in [2.24, 2.45) is 0 Å². The Bertz CT molecular complexity index is 542. The standard InChI is InChI=1S/C13H12Br2ClNS/c1-17-12(7-9-3-5-13(15)18-9)10-4-2-8(14)6-11(10)16/h2-6,12,17H,7H2,1H3. The highest BCUT2D eigenvalue weighted by Gasteiger charge is 2.14. The van der Waals surface area contributed by atoms with Crippen LogP contribution >= 0.6 is 54.8 Å². The fraction of sp³-hybridized carbons (Fsp3) is 0.231. The molecular weight excluding hydrogens is 397 g/mol. The first-order valence-corrected chi connectivity index (χ1v) is 8.24. The molecule has 0 radical (unpaired) electrons. The zero-order chi connectivity index (χ0) is 13.1. The van der Waals surface area contributed by atoms with Gasteiger partial charge in [0.2, 0.25) is 0 Å².